The first-order chi connectivity index (χ1) is 9.21. The molecule has 6 N–H and O–H groups in total. The van der Waals surface area contributed by atoms with Crippen molar-refractivity contribution in [1.29, 1.82) is 0 Å². The van der Waals surface area contributed by atoms with Gasteiger partial charge in [-0.05, 0) is 37.1 Å². The minimum atomic E-state index is -4.03. The van der Waals surface area contributed by atoms with Crippen LogP contribution in [0.15, 0.2) is 17.0 Å². The van der Waals surface area contributed by atoms with Crippen molar-refractivity contribution in [2.45, 2.75) is 24.3 Å². The van der Waals surface area contributed by atoms with Crippen LogP contribution in [0, 0.1) is 13.8 Å². The van der Waals surface area contributed by atoms with Gasteiger partial charge in [0.25, 0.3) is 0 Å². The van der Waals surface area contributed by atoms with Crippen molar-refractivity contribution in [3.8, 4) is 0 Å². The van der Waals surface area contributed by atoms with E-state index in [-0.39, 0.29) is 4.90 Å². The highest BCUT2D eigenvalue weighted by Gasteiger charge is 2.34. The standard InChI is InChI=1S/C12H20N2O5S/c1-8-3-10(4-11(13)9(8)2)20(18,19)14-12(5-15,6-16)7-17/h3-4,14-17H,5-7,13H2,1-2H3. The van der Waals surface area contributed by atoms with E-state index in [0.29, 0.717) is 11.3 Å². The molecular formula is C12H20N2O5S. The summed E-state index contributed by atoms with van der Waals surface area (Å²) in [7, 11) is -4.03. The first-order valence-electron chi connectivity index (χ1n) is 5.94. The first-order valence-corrected chi connectivity index (χ1v) is 7.43. The summed E-state index contributed by atoms with van der Waals surface area (Å²) in [6.45, 7) is 1.29. The van der Waals surface area contributed by atoms with Crippen molar-refractivity contribution in [2.24, 2.45) is 0 Å². The zero-order chi connectivity index (χ0) is 15.6. The summed E-state index contributed by atoms with van der Waals surface area (Å²) in [6, 6.07) is 2.73. The third-order valence-corrected chi connectivity index (χ3v) is 4.81. The minimum absolute atomic E-state index is 0.0853. The molecule has 0 aliphatic carbocycles. The lowest BCUT2D eigenvalue weighted by Gasteiger charge is -2.28. The second kappa shape index (κ2) is 6.06. The average molecular weight is 304 g/mol. The van der Waals surface area contributed by atoms with Gasteiger partial charge in [-0.3, -0.25) is 0 Å². The Morgan fingerprint density at radius 2 is 1.65 bits per heavy atom. The largest absolute Gasteiger partial charge is 0.398 e. The molecule has 0 amide bonds. The van der Waals surface area contributed by atoms with Crippen LogP contribution in [0.5, 0.6) is 0 Å². The molecule has 8 heteroatoms. The van der Waals surface area contributed by atoms with Gasteiger partial charge >= 0.3 is 0 Å². The number of rotatable bonds is 6. The van der Waals surface area contributed by atoms with Gasteiger partial charge in [-0.1, -0.05) is 0 Å². The second-order valence-electron chi connectivity index (χ2n) is 4.81. The van der Waals surface area contributed by atoms with Crippen LogP contribution in [-0.4, -0.2) is 49.1 Å². The quantitative estimate of drug-likeness (QED) is 0.423. The number of nitrogen functional groups attached to an aromatic ring is 1. The fourth-order valence-corrected chi connectivity index (χ4v) is 3.09. The fraction of sp³-hybridized carbons (Fsp3) is 0.500. The van der Waals surface area contributed by atoms with E-state index in [2.05, 4.69) is 4.72 Å². The maximum atomic E-state index is 12.2. The molecule has 0 bridgehead atoms. The summed E-state index contributed by atoms with van der Waals surface area (Å²) in [5.41, 5.74) is 5.83. The van der Waals surface area contributed by atoms with Gasteiger partial charge in [0.05, 0.1) is 24.7 Å². The van der Waals surface area contributed by atoms with Gasteiger partial charge in [0.15, 0.2) is 0 Å². The van der Waals surface area contributed by atoms with Gasteiger partial charge in [0.1, 0.15) is 5.54 Å². The molecule has 1 aromatic carbocycles. The summed E-state index contributed by atoms with van der Waals surface area (Å²) < 4.78 is 26.6. The Hall–Kier alpha value is -1.19. The topological polar surface area (TPSA) is 133 Å². The summed E-state index contributed by atoms with van der Waals surface area (Å²) in [6.07, 6.45) is 0. The third-order valence-electron chi connectivity index (χ3n) is 3.25. The van der Waals surface area contributed by atoms with Crippen molar-refractivity contribution in [3.05, 3.63) is 23.3 Å². The average Bonchev–Trinajstić information content (AvgIpc) is 2.41. The van der Waals surface area contributed by atoms with Crippen LogP contribution < -0.4 is 10.5 Å². The van der Waals surface area contributed by atoms with Gasteiger partial charge in [-0.15, -0.1) is 0 Å². The molecule has 1 aromatic rings. The van der Waals surface area contributed by atoms with Crippen molar-refractivity contribution in [1.82, 2.24) is 4.72 Å². The Kier molecular flexibility index (Phi) is 5.11. The maximum absolute atomic E-state index is 12.2. The molecule has 0 radical (unpaired) electrons. The predicted octanol–water partition coefficient (Wildman–Crippen LogP) is -1.12. The SMILES string of the molecule is Cc1cc(S(=O)(=O)NC(CO)(CO)CO)cc(N)c1C. The molecule has 0 atom stereocenters. The van der Waals surface area contributed by atoms with Crippen LogP contribution in [0.4, 0.5) is 5.69 Å². The van der Waals surface area contributed by atoms with Gasteiger partial charge in [0.2, 0.25) is 10.0 Å². The molecule has 20 heavy (non-hydrogen) atoms. The second-order valence-corrected chi connectivity index (χ2v) is 6.50. The number of sulfonamides is 1. The molecule has 114 valence electrons. The lowest BCUT2D eigenvalue weighted by molar-refractivity contribution is 0.0582. The molecule has 0 aliphatic rings. The monoisotopic (exact) mass is 304 g/mol. The number of aliphatic hydroxyl groups is 3. The van der Waals surface area contributed by atoms with Crippen LogP contribution in [0.25, 0.3) is 0 Å². The van der Waals surface area contributed by atoms with Crippen LogP contribution in [0.1, 0.15) is 11.1 Å². The van der Waals surface area contributed by atoms with E-state index >= 15 is 0 Å². The van der Waals surface area contributed by atoms with E-state index in [1.54, 1.807) is 13.8 Å². The third kappa shape index (κ3) is 3.28. The normalized spacial score (nSPS) is 12.7. The highest BCUT2D eigenvalue weighted by molar-refractivity contribution is 7.89. The van der Waals surface area contributed by atoms with E-state index < -0.39 is 35.4 Å². The molecule has 0 unspecified atom stereocenters. The van der Waals surface area contributed by atoms with E-state index in [9.17, 15) is 8.42 Å². The van der Waals surface area contributed by atoms with Crippen molar-refractivity contribution < 1.29 is 23.7 Å². The van der Waals surface area contributed by atoms with Crippen molar-refractivity contribution in [3.63, 3.8) is 0 Å². The van der Waals surface area contributed by atoms with E-state index in [4.69, 9.17) is 21.1 Å². The molecule has 0 saturated heterocycles. The Morgan fingerprint density at radius 1 is 1.15 bits per heavy atom. The zero-order valence-corrected chi connectivity index (χ0v) is 12.2. The summed E-state index contributed by atoms with van der Waals surface area (Å²) in [4.78, 5) is -0.0853. The minimum Gasteiger partial charge on any atom is -0.398 e. The molecule has 0 aliphatic heterocycles. The van der Waals surface area contributed by atoms with Gasteiger partial charge in [-0.2, -0.15) is 4.72 Å². The first kappa shape index (κ1) is 16.9. The van der Waals surface area contributed by atoms with Gasteiger partial charge in [0, 0.05) is 5.69 Å². The molecule has 7 nitrogen and oxygen atoms in total. The van der Waals surface area contributed by atoms with Gasteiger partial charge < -0.3 is 21.1 Å². The number of nitrogens with two attached hydrogens (primary N) is 1. The van der Waals surface area contributed by atoms with Crippen molar-refractivity contribution in [2.75, 3.05) is 25.6 Å². The Balaban J connectivity index is 3.24. The number of anilines is 1. The Morgan fingerprint density at radius 3 is 2.05 bits per heavy atom. The number of hydrogen-bond acceptors (Lipinski definition) is 6. The molecule has 1 rings (SSSR count). The molecule has 0 aromatic heterocycles. The fourth-order valence-electron chi connectivity index (χ4n) is 1.60. The van der Waals surface area contributed by atoms with E-state index in [0.717, 1.165) is 5.56 Å². The predicted molar refractivity (Wildman–Crippen MR) is 74.6 cm³/mol. The lowest BCUT2D eigenvalue weighted by atomic mass is 10.1. The lowest BCUT2D eigenvalue weighted by Crippen LogP contribution is -2.56. The van der Waals surface area contributed by atoms with E-state index in [1.165, 1.54) is 12.1 Å². The molecule has 0 spiro atoms. The highest BCUT2D eigenvalue weighted by atomic mass is 32.2. The molecular weight excluding hydrogens is 284 g/mol. The number of hydrogen-bond donors (Lipinski definition) is 5. The highest BCUT2D eigenvalue weighted by Crippen LogP contribution is 2.22. The number of aliphatic hydroxyl groups excluding tert-OH is 3. The number of aryl methyl sites for hydroxylation is 1. The summed E-state index contributed by atoms with van der Waals surface area (Å²) in [5, 5.41) is 27.5. The number of benzene rings is 1. The molecule has 0 heterocycles. The van der Waals surface area contributed by atoms with Crippen molar-refractivity contribution >= 4 is 15.7 Å². The van der Waals surface area contributed by atoms with Crippen LogP contribution in [0.2, 0.25) is 0 Å². The van der Waals surface area contributed by atoms with Crippen LogP contribution in [-0.2, 0) is 10.0 Å². The molecule has 0 saturated carbocycles. The molecule has 0 fully saturated rings. The van der Waals surface area contributed by atoms with Gasteiger partial charge in [-0.25, -0.2) is 8.42 Å². The Labute approximate surface area is 118 Å². The maximum Gasteiger partial charge on any atom is 0.241 e. The Bertz CT molecular complexity index is 550. The van der Waals surface area contributed by atoms with Crippen LogP contribution in [0.3, 0.4) is 0 Å². The zero-order valence-electron chi connectivity index (χ0n) is 11.4. The van der Waals surface area contributed by atoms with Crippen LogP contribution >= 0.6 is 0 Å². The van der Waals surface area contributed by atoms with E-state index in [1.807, 2.05) is 0 Å². The number of nitrogens with one attached hydrogen (secondary N) is 1. The smallest absolute Gasteiger partial charge is 0.241 e. The summed E-state index contributed by atoms with van der Waals surface area (Å²) in [5.74, 6) is 0. The summed E-state index contributed by atoms with van der Waals surface area (Å²) >= 11 is 0.